The van der Waals surface area contributed by atoms with Gasteiger partial charge in [0.2, 0.25) is 0 Å². The van der Waals surface area contributed by atoms with Gasteiger partial charge in [-0.1, -0.05) is 9.70 Å². The first-order valence-electron chi connectivity index (χ1n) is 6.72. The van der Waals surface area contributed by atoms with E-state index in [0.717, 1.165) is 31.8 Å². The van der Waals surface area contributed by atoms with E-state index in [-0.39, 0.29) is 12.4 Å². The third kappa shape index (κ3) is 2.96. The molecule has 1 aliphatic rings. The molecule has 0 saturated heterocycles. The van der Waals surface area contributed by atoms with Gasteiger partial charge >= 0.3 is 0 Å². The Kier molecular flexibility index (Phi) is 5.05. The van der Waals surface area contributed by atoms with Crippen LogP contribution in [0.25, 0.3) is 0 Å². The lowest BCUT2D eigenvalue weighted by atomic mass is 10.2. The lowest BCUT2D eigenvalue weighted by molar-refractivity contribution is 1.11. The van der Waals surface area contributed by atoms with Gasteiger partial charge in [0, 0.05) is 49.0 Å². The Hall–Kier alpha value is -1.23. The number of nitrogens with zero attached hydrogens (tertiary/aromatic N) is 3. The molecule has 2 aromatic rings. The topological polar surface area (TPSA) is 18.8 Å². The predicted molar refractivity (Wildman–Crippen MR) is 100 cm³/mol. The van der Waals surface area contributed by atoms with Crippen molar-refractivity contribution in [1.29, 1.82) is 0 Å². The van der Waals surface area contributed by atoms with E-state index in [0.29, 0.717) is 0 Å². The maximum atomic E-state index is 6.76. The molecule has 0 N–H and O–H groups in total. The molecule has 0 saturated carbocycles. The van der Waals surface area contributed by atoms with E-state index in [2.05, 4.69) is 46.2 Å². The first-order chi connectivity index (χ1) is 9.97. The van der Waals surface area contributed by atoms with Crippen LogP contribution in [0.2, 0.25) is 0 Å². The van der Waals surface area contributed by atoms with E-state index in [4.69, 9.17) is 15.7 Å². The van der Waals surface area contributed by atoms with Gasteiger partial charge in [-0.2, -0.15) is 0 Å². The molecular weight excluding hydrogens is 337 g/mol. The summed E-state index contributed by atoms with van der Waals surface area (Å²) in [4.78, 5) is 10.0. The monoisotopic (exact) mass is 355 g/mol. The van der Waals surface area contributed by atoms with Crippen molar-refractivity contribution in [2.45, 2.75) is 4.90 Å². The average molecular weight is 356 g/mol. The molecule has 22 heavy (non-hydrogen) atoms. The van der Waals surface area contributed by atoms with Crippen molar-refractivity contribution in [3.8, 4) is 0 Å². The van der Waals surface area contributed by atoms with Gasteiger partial charge in [0.1, 0.15) is 0 Å². The second-order valence-corrected chi connectivity index (χ2v) is 7.78. The fourth-order valence-electron chi connectivity index (χ4n) is 2.28. The summed E-state index contributed by atoms with van der Waals surface area (Å²) in [5.41, 5.74) is 3.27. The molecule has 0 radical (unpaired) electrons. The maximum Gasteiger partial charge on any atom is 0.0781 e. The second-order valence-electron chi connectivity index (χ2n) is 5.46. The van der Waals surface area contributed by atoms with Gasteiger partial charge in [0.05, 0.1) is 11.0 Å². The summed E-state index contributed by atoms with van der Waals surface area (Å²) in [6, 6.07) is 12.5. The van der Waals surface area contributed by atoms with Crippen molar-refractivity contribution in [2.24, 2.45) is 4.99 Å². The molecule has 0 spiro atoms. The van der Waals surface area contributed by atoms with Crippen LogP contribution in [0.3, 0.4) is 0 Å². The summed E-state index contributed by atoms with van der Waals surface area (Å²) < 4.78 is 1.10. The highest BCUT2D eigenvalue weighted by Gasteiger charge is 2.13. The lowest BCUT2D eigenvalue weighted by Gasteiger charge is -2.18. The molecule has 1 atom stereocenters. The Morgan fingerprint density at radius 1 is 0.909 bits per heavy atom. The molecule has 1 aliphatic heterocycles. The van der Waals surface area contributed by atoms with Gasteiger partial charge in [-0.05, 0) is 47.1 Å². The lowest BCUT2D eigenvalue weighted by Crippen LogP contribution is -2.13. The molecule has 3 rings (SSSR count). The zero-order chi connectivity index (χ0) is 15.1. The van der Waals surface area contributed by atoms with Crippen LogP contribution in [0, 0.1) is 4.51 Å². The third-order valence-electron chi connectivity index (χ3n) is 3.55. The average Bonchev–Trinajstić information content (AvgIpc) is 2.46. The Morgan fingerprint density at radius 3 is 2.14 bits per heavy atom. The van der Waals surface area contributed by atoms with E-state index >= 15 is 0 Å². The zero-order valence-corrected chi connectivity index (χ0v) is 15.4. The molecule has 0 amide bonds. The Labute approximate surface area is 144 Å². The minimum atomic E-state index is -0.469. The quantitative estimate of drug-likeness (QED) is 0.750. The minimum absolute atomic E-state index is 0. The summed E-state index contributed by atoms with van der Waals surface area (Å²) in [5.74, 6) is 0. The predicted octanol–water partition coefficient (Wildman–Crippen LogP) is 4.24. The largest absolute Gasteiger partial charge is 0.378 e. The van der Waals surface area contributed by atoms with Crippen molar-refractivity contribution in [3.63, 3.8) is 0 Å². The van der Waals surface area contributed by atoms with Crippen LogP contribution in [0.4, 0.5) is 17.1 Å². The van der Waals surface area contributed by atoms with E-state index in [9.17, 15) is 0 Å². The molecule has 118 valence electrons. The highest BCUT2D eigenvalue weighted by atomic mass is 35.7. The summed E-state index contributed by atoms with van der Waals surface area (Å²) in [5, 5.41) is 0.976. The van der Waals surface area contributed by atoms with Crippen LogP contribution >= 0.6 is 32.8 Å². The van der Waals surface area contributed by atoms with Gasteiger partial charge < -0.3 is 9.80 Å². The van der Waals surface area contributed by atoms with E-state index in [1.807, 2.05) is 28.2 Å². The number of hydrogen-bond acceptors (Lipinski definition) is 3. The van der Waals surface area contributed by atoms with Crippen molar-refractivity contribution in [1.82, 2.24) is 0 Å². The van der Waals surface area contributed by atoms with Crippen molar-refractivity contribution < 1.29 is 0 Å². The van der Waals surface area contributed by atoms with Gasteiger partial charge in [-0.15, -0.1) is 12.4 Å². The van der Waals surface area contributed by atoms with Gasteiger partial charge in [-0.25, -0.2) is 4.99 Å². The molecule has 0 bridgehead atoms. The SMILES string of the molecule is CN(C)c1ccc2c(c1)S(Cl)=c1cc(N(C)C)ccc1=N2.Cl. The number of halogens is 2. The minimum Gasteiger partial charge on any atom is -0.378 e. The fourth-order valence-corrected chi connectivity index (χ4v) is 4.30. The summed E-state index contributed by atoms with van der Waals surface area (Å²) in [7, 11) is 14.4. The number of fused-ring (bicyclic) bond motifs is 2. The first-order valence-corrected chi connectivity index (χ1v) is 8.77. The smallest absolute Gasteiger partial charge is 0.0781 e. The van der Waals surface area contributed by atoms with Crippen LogP contribution in [-0.2, 0) is 0 Å². The van der Waals surface area contributed by atoms with Gasteiger partial charge in [0.15, 0.2) is 0 Å². The molecule has 3 nitrogen and oxygen atoms in total. The second kappa shape index (κ2) is 6.49. The Balaban J connectivity index is 0.00000176. The maximum absolute atomic E-state index is 6.76. The normalized spacial score (nSPS) is 15.0. The van der Waals surface area contributed by atoms with Crippen molar-refractivity contribution in [2.75, 3.05) is 38.0 Å². The number of benzene rings is 2. The van der Waals surface area contributed by atoms with E-state index in [1.165, 1.54) is 0 Å². The molecular formula is C16H19Cl2N3S. The van der Waals surface area contributed by atoms with Crippen molar-refractivity contribution >= 4 is 49.8 Å². The first kappa shape index (κ1) is 17.1. The zero-order valence-electron chi connectivity index (χ0n) is 13.0. The fraction of sp³-hybridized carbons (Fsp3) is 0.250. The Morgan fingerprint density at radius 2 is 1.50 bits per heavy atom. The molecule has 1 heterocycles. The van der Waals surface area contributed by atoms with Crippen LogP contribution in [0.1, 0.15) is 0 Å². The molecule has 0 aromatic heterocycles. The molecule has 2 aromatic carbocycles. The van der Waals surface area contributed by atoms with Crippen LogP contribution in [-0.4, -0.2) is 28.2 Å². The summed E-state index contributed by atoms with van der Waals surface area (Å²) in [6.07, 6.45) is 0. The van der Waals surface area contributed by atoms with Gasteiger partial charge in [0.25, 0.3) is 0 Å². The van der Waals surface area contributed by atoms with Crippen LogP contribution < -0.4 is 15.2 Å². The number of anilines is 2. The highest BCUT2D eigenvalue weighted by Crippen LogP contribution is 2.44. The van der Waals surface area contributed by atoms with Crippen molar-refractivity contribution in [3.05, 3.63) is 46.3 Å². The molecule has 6 heteroatoms. The van der Waals surface area contributed by atoms with Gasteiger partial charge in [-0.3, -0.25) is 0 Å². The van der Waals surface area contributed by atoms with E-state index in [1.54, 1.807) is 0 Å². The van der Waals surface area contributed by atoms with Crippen LogP contribution in [0.15, 0.2) is 46.3 Å². The summed E-state index contributed by atoms with van der Waals surface area (Å²) in [6.45, 7) is 0. The molecule has 1 unspecified atom stereocenters. The third-order valence-corrected chi connectivity index (χ3v) is 5.97. The molecule has 0 fully saturated rings. The molecule has 0 aliphatic carbocycles. The Bertz CT molecular complexity index is 832. The standard InChI is InChI=1S/C16H18ClN3S.ClH/c1-19(2)11-5-7-13-15(9-11)21(17)16-10-12(20(3)4)6-8-14(16)18-13;/h5-10H,1-4H3;1H. The number of hydrogen-bond donors (Lipinski definition) is 0. The summed E-state index contributed by atoms with van der Waals surface area (Å²) >= 11 is 0. The highest BCUT2D eigenvalue weighted by molar-refractivity contribution is 8.29. The van der Waals surface area contributed by atoms with Crippen LogP contribution in [0.5, 0.6) is 0 Å². The number of rotatable bonds is 2. The van der Waals surface area contributed by atoms with E-state index < -0.39 is 9.70 Å².